The molecule has 1 aromatic heterocycles. The predicted octanol–water partition coefficient (Wildman–Crippen LogP) is 5.12. The number of likely N-dealkylation sites (tertiary alicyclic amines) is 2. The molecule has 2 unspecified atom stereocenters. The molecular formula is C34H38F6N6O2. The van der Waals surface area contributed by atoms with Crippen molar-refractivity contribution in [2.24, 2.45) is 7.05 Å². The van der Waals surface area contributed by atoms with Gasteiger partial charge in [0.2, 0.25) is 0 Å². The minimum absolute atomic E-state index is 0.0292. The number of aromatic nitrogens is 2. The van der Waals surface area contributed by atoms with Crippen LogP contribution in [-0.2, 0) is 25.8 Å². The van der Waals surface area contributed by atoms with Crippen LogP contribution < -0.4 is 0 Å². The Kier molecular flexibility index (Phi) is 9.33. The number of carbonyl (C=O) groups excluding carboxylic acids is 2. The van der Waals surface area contributed by atoms with E-state index in [1.807, 2.05) is 42.2 Å². The molecule has 4 heterocycles. The number of benzene rings is 2. The average Bonchev–Trinajstić information content (AvgIpc) is 3.37. The van der Waals surface area contributed by atoms with Crippen LogP contribution in [0.5, 0.6) is 0 Å². The van der Waals surface area contributed by atoms with E-state index in [4.69, 9.17) is 0 Å². The van der Waals surface area contributed by atoms with Gasteiger partial charge in [0.1, 0.15) is 5.69 Å². The summed E-state index contributed by atoms with van der Waals surface area (Å²) in [6, 6.07) is 12.2. The summed E-state index contributed by atoms with van der Waals surface area (Å²) >= 11 is 0. The molecule has 8 nitrogen and oxygen atoms in total. The van der Waals surface area contributed by atoms with Crippen molar-refractivity contribution in [3.05, 3.63) is 88.2 Å². The fraction of sp³-hybridized carbons (Fsp3) is 0.500. The topological polar surface area (TPSA) is 64.9 Å². The summed E-state index contributed by atoms with van der Waals surface area (Å²) in [6.45, 7) is 6.54. The molecule has 0 N–H and O–H groups in total. The highest BCUT2D eigenvalue weighted by Gasteiger charge is 2.42. The Morgan fingerprint density at radius 1 is 0.792 bits per heavy atom. The van der Waals surface area contributed by atoms with Crippen molar-refractivity contribution in [3.63, 3.8) is 0 Å². The Morgan fingerprint density at radius 3 is 1.92 bits per heavy atom. The molecule has 2 aromatic carbocycles. The summed E-state index contributed by atoms with van der Waals surface area (Å²) in [4.78, 5) is 34.7. The van der Waals surface area contributed by atoms with Gasteiger partial charge in [-0.25, -0.2) is 0 Å². The molecule has 2 atom stereocenters. The Bertz CT molecular complexity index is 1590. The van der Waals surface area contributed by atoms with E-state index in [9.17, 15) is 35.9 Å². The zero-order valence-electron chi connectivity index (χ0n) is 26.8. The van der Waals surface area contributed by atoms with Gasteiger partial charge in [0.15, 0.2) is 0 Å². The van der Waals surface area contributed by atoms with E-state index >= 15 is 0 Å². The van der Waals surface area contributed by atoms with E-state index < -0.39 is 41.0 Å². The molecule has 2 amide bonds. The second-order valence-corrected chi connectivity index (χ2v) is 13.0. The normalized spacial score (nSPS) is 21.8. The quantitative estimate of drug-likeness (QED) is 0.340. The number of aryl methyl sites for hydroxylation is 2. The molecule has 0 radical (unpaired) electrons. The van der Waals surface area contributed by atoms with Crippen LogP contribution in [0.4, 0.5) is 26.3 Å². The first-order chi connectivity index (χ1) is 22.7. The van der Waals surface area contributed by atoms with Crippen LogP contribution in [0, 0.1) is 6.92 Å². The number of carbonyl (C=O) groups is 2. The van der Waals surface area contributed by atoms with Gasteiger partial charge in [-0.3, -0.25) is 24.1 Å². The Labute approximate surface area is 274 Å². The third-order valence-corrected chi connectivity index (χ3v) is 9.85. The number of piperazine rings is 1. The molecule has 3 fully saturated rings. The zero-order valence-corrected chi connectivity index (χ0v) is 26.8. The molecular weight excluding hydrogens is 638 g/mol. The SMILES string of the molecule is Cc1cc(C(=O)N2CC(N3CCN(C4CCN(C(=O)c5cc(C(F)(F)F)cc(C(F)(F)F)c5)C(Cc5ccccc5)C4)CC3)C2)n(C)n1. The number of amides is 2. The van der Waals surface area contributed by atoms with Gasteiger partial charge in [0.05, 0.1) is 16.8 Å². The van der Waals surface area contributed by atoms with Crippen molar-refractivity contribution in [2.75, 3.05) is 45.8 Å². The van der Waals surface area contributed by atoms with Crippen molar-refractivity contribution in [2.45, 2.75) is 56.7 Å². The van der Waals surface area contributed by atoms with Gasteiger partial charge >= 0.3 is 12.4 Å². The van der Waals surface area contributed by atoms with Gasteiger partial charge in [0.25, 0.3) is 11.8 Å². The van der Waals surface area contributed by atoms with E-state index in [2.05, 4.69) is 14.9 Å². The molecule has 0 bridgehead atoms. The second kappa shape index (κ2) is 13.2. The summed E-state index contributed by atoms with van der Waals surface area (Å²) < 4.78 is 83.1. The van der Waals surface area contributed by atoms with Crippen LogP contribution in [0.1, 0.15) is 56.1 Å². The largest absolute Gasteiger partial charge is 0.416 e. The summed E-state index contributed by atoms with van der Waals surface area (Å²) in [5, 5.41) is 4.27. The average molecular weight is 677 g/mol. The summed E-state index contributed by atoms with van der Waals surface area (Å²) in [5.74, 6) is -0.861. The zero-order chi connectivity index (χ0) is 34.4. The summed E-state index contributed by atoms with van der Waals surface area (Å²) in [6.07, 6.45) is -8.56. The van der Waals surface area contributed by atoms with Crippen LogP contribution in [0.3, 0.4) is 0 Å². The number of halogens is 6. The third kappa shape index (κ3) is 7.24. The number of alkyl halides is 6. The standard InChI is InChI=1S/C34H38F6N6O2/c1-22-14-30(42(2)41-22)32(48)45-20-29(21-45)44-12-10-43(11-13-44)27-8-9-46(28(19-27)15-23-6-4-3-5-7-23)31(47)24-16-25(33(35,36)37)18-26(17-24)34(38,39)40/h3-7,14,16-18,27-29H,8-13,15,19-21H2,1-2H3. The van der Waals surface area contributed by atoms with E-state index in [1.54, 1.807) is 17.8 Å². The molecule has 0 saturated carbocycles. The third-order valence-electron chi connectivity index (χ3n) is 9.85. The van der Waals surface area contributed by atoms with E-state index in [0.29, 0.717) is 50.2 Å². The first-order valence-electron chi connectivity index (χ1n) is 16.1. The van der Waals surface area contributed by atoms with Gasteiger partial charge in [-0.05, 0) is 56.0 Å². The highest BCUT2D eigenvalue weighted by molar-refractivity contribution is 5.95. The van der Waals surface area contributed by atoms with Crippen LogP contribution in [0.25, 0.3) is 0 Å². The summed E-state index contributed by atoms with van der Waals surface area (Å²) in [5.41, 5.74) is -1.33. The Balaban J connectivity index is 1.12. The van der Waals surface area contributed by atoms with Crippen LogP contribution >= 0.6 is 0 Å². The van der Waals surface area contributed by atoms with Crippen LogP contribution in [0.2, 0.25) is 0 Å². The first-order valence-corrected chi connectivity index (χ1v) is 16.1. The van der Waals surface area contributed by atoms with Crippen molar-refractivity contribution >= 4 is 11.8 Å². The molecule has 3 aromatic rings. The summed E-state index contributed by atoms with van der Waals surface area (Å²) in [7, 11) is 1.76. The number of rotatable bonds is 6. The smallest absolute Gasteiger partial charge is 0.335 e. The van der Waals surface area contributed by atoms with Crippen LogP contribution in [-0.4, -0.2) is 105 Å². The minimum atomic E-state index is -5.04. The molecule has 48 heavy (non-hydrogen) atoms. The molecule has 14 heteroatoms. The molecule has 0 aliphatic carbocycles. The van der Waals surface area contributed by atoms with Gasteiger partial charge < -0.3 is 9.80 Å². The Morgan fingerprint density at radius 2 is 1.38 bits per heavy atom. The fourth-order valence-electron chi connectivity index (χ4n) is 7.25. The number of hydrogen-bond donors (Lipinski definition) is 0. The van der Waals surface area contributed by atoms with E-state index in [-0.39, 0.29) is 30.6 Å². The first kappa shape index (κ1) is 34.0. The highest BCUT2D eigenvalue weighted by Crippen LogP contribution is 2.37. The van der Waals surface area contributed by atoms with Crippen molar-refractivity contribution in [1.29, 1.82) is 0 Å². The lowest BCUT2D eigenvalue weighted by atomic mass is 9.90. The van der Waals surface area contributed by atoms with Crippen molar-refractivity contribution < 1.29 is 35.9 Å². The molecule has 3 saturated heterocycles. The Hall–Kier alpha value is -3.91. The molecule has 3 aliphatic rings. The molecule has 3 aliphatic heterocycles. The number of nitrogens with zero attached hydrogens (tertiary/aromatic N) is 6. The second-order valence-electron chi connectivity index (χ2n) is 13.0. The van der Waals surface area contributed by atoms with Crippen molar-refractivity contribution in [3.8, 4) is 0 Å². The van der Waals surface area contributed by atoms with Gasteiger partial charge in [-0.1, -0.05) is 30.3 Å². The highest BCUT2D eigenvalue weighted by atomic mass is 19.4. The van der Waals surface area contributed by atoms with Gasteiger partial charge in [-0.15, -0.1) is 0 Å². The molecule has 6 rings (SSSR count). The number of piperidine rings is 1. The lowest BCUT2D eigenvalue weighted by Gasteiger charge is -2.50. The molecule has 0 spiro atoms. The maximum absolute atomic E-state index is 13.7. The molecule has 258 valence electrons. The fourth-order valence-corrected chi connectivity index (χ4v) is 7.25. The monoisotopic (exact) mass is 676 g/mol. The van der Waals surface area contributed by atoms with Crippen LogP contribution in [0.15, 0.2) is 54.6 Å². The van der Waals surface area contributed by atoms with E-state index in [1.165, 1.54) is 4.90 Å². The van der Waals surface area contributed by atoms with Crippen molar-refractivity contribution in [1.82, 2.24) is 29.4 Å². The lowest BCUT2D eigenvalue weighted by molar-refractivity contribution is -0.143. The van der Waals surface area contributed by atoms with E-state index in [0.717, 1.165) is 37.4 Å². The maximum Gasteiger partial charge on any atom is 0.416 e. The maximum atomic E-state index is 13.7. The van der Waals surface area contributed by atoms with Gasteiger partial charge in [0, 0.05) is 76.5 Å². The minimum Gasteiger partial charge on any atom is -0.335 e. The lowest BCUT2D eigenvalue weighted by Crippen LogP contribution is -2.65. The predicted molar refractivity (Wildman–Crippen MR) is 165 cm³/mol. The number of hydrogen-bond acceptors (Lipinski definition) is 5. The van der Waals surface area contributed by atoms with Gasteiger partial charge in [-0.2, -0.15) is 31.4 Å².